The van der Waals surface area contributed by atoms with Gasteiger partial charge < -0.3 is 19.3 Å². The number of ether oxygens (including phenoxy) is 3. The number of nitrogens with one attached hydrogen (secondary N) is 1. The van der Waals surface area contributed by atoms with E-state index in [1.165, 1.54) is 13.4 Å². The van der Waals surface area contributed by atoms with E-state index in [2.05, 4.69) is 35.5 Å². The first-order valence-electron chi connectivity index (χ1n) is 11.2. The number of hydrogen-bond acceptors (Lipinski definition) is 8. The fourth-order valence-corrected chi connectivity index (χ4v) is 4.12. The molecule has 0 atom stereocenters. The molecule has 0 radical (unpaired) electrons. The Morgan fingerprint density at radius 1 is 1.00 bits per heavy atom. The third kappa shape index (κ3) is 7.06. The molecule has 0 amide bonds. The Hall–Kier alpha value is -3.37. The number of benzene rings is 2. The molecule has 0 aliphatic rings. The minimum Gasteiger partial charge on any atom is -0.497 e. The van der Waals surface area contributed by atoms with Crippen LogP contribution in [0.3, 0.4) is 0 Å². The second-order valence-corrected chi connectivity index (χ2v) is 10.5. The number of aromatic nitrogens is 2. The van der Waals surface area contributed by atoms with Crippen molar-refractivity contribution in [1.29, 1.82) is 0 Å². The maximum Gasteiger partial charge on any atom is 0.263 e. The number of aliphatic hydroxyl groups is 1. The fourth-order valence-electron chi connectivity index (χ4n) is 3.11. The van der Waals surface area contributed by atoms with Gasteiger partial charge in [-0.2, -0.15) is 4.98 Å². The van der Waals surface area contributed by atoms with Gasteiger partial charge in [0.15, 0.2) is 5.82 Å². The first-order valence-corrected chi connectivity index (χ1v) is 12.7. The summed E-state index contributed by atoms with van der Waals surface area (Å²) in [5.41, 5.74) is 0.904. The van der Waals surface area contributed by atoms with Crippen LogP contribution in [-0.2, 0) is 15.4 Å². The molecule has 0 aliphatic heterocycles. The third-order valence-electron chi connectivity index (χ3n) is 5.09. The van der Waals surface area contributed by atoms with Crippen molar-refractivity contribution >= 4 is 15.8 Å². The molecule has 0 aliphatic carbocycles. The van der Waals surface area contributed by atoms with Gasteiger partial charge in [0, 0.05) is 12.7 Å². The molecule has 3 rings (SSSR count). The van der Waals surface area contributed by atoms with E-state index in [-0.39, 0.29) is 41.0 Å². The maximum absolute atomic E-state index is 13.2. The SMILES string of the molecule is COc1cccc(Oc2c(NS(=O)(=O)c3ccc(C(C)(C)C)cc3)ncnc2OCCCCO)c1. The molecular formula is C25H31N3O6S. The van der Waals surface area contributed by atoms with Crippen LogP contribution in [0.4, 0.5) is 5.82 Å². The van der Waals surface area contributed by atoms with Crippen molar-refractivity contribution in [3.8, 4) is 23.1 Å². The maximum atomic E-state index is 13.2. The van der Waals surface area contributed by atoms with E-state index in [4.69, 9.17) is 19.3 Å². The zero-order valence-corrected chi connectivity index (χ0v) is 21.1. The Balaban J connectivity index is 1.94. The molecule has 0 spiro atoms. The van der Waals surface area contributed by atoms with E-state index in [1.807, 2.05) is 0 Å². The first kappa shape index (κ1) is 26.2. The molecule has 0 saturated carbocycles. The van der Waals surface area contributed by atoms with Gasteiger partial charge in [0.1, 0.15) is 17.8 Å². The van der Waals surface area contributed by atoms with E-state index < -0.39 is 10.0 Å². The summed E-state index contributed by atoms with van der Waals surface area (Å²) in [4.78, 5) is 8.33. The Morgan fingerprint density at radius 3 is 2.37 bits per heavy atom. The third-order valence-corrected chi connectivity index (χ3v) is 6.44. The lowest BCUT2D eigenvalue weighted by Crippen LogP contribution is -2.16. The van der Waals surface area contributed by atoms with E-state index in [9.17, 15) is 8.42 Å². The van der Waals surface area contributed by atoms with Crippen molar-refractivity contribution in [3.63, 3.8) is 0 Å². The van der Waals surface area contributed by atoms with Gasteiger partial charge in [0.25, 0.3) is 15.9 Å². The summed E-state index contributed by atoms with van der Waals surface area (Å²) in [5.74, 6) is 0.959. The van der Waals surface area contributed by atoms with Crippen LogP contribution in [0.5, 0.6) is 23.1 Å². The predicted molar refractivity (Wildman–Crippen MR) is 133 cm³/mol. The smallest absolute Gasteiger partial charge is 0.263 e. The summed E-state index contributed by atoms with van der Waals surface area (Å²) in [6, 6.07) is 13.5. The molecule has 0 fully saturated rings. The van der Waals surface area contributed by atoms with Gasteiger partial charge in [-0.25, -0.2) is 13.4 Å². The average molecular weight is 502 g/mol. The minimum absolute atomic E-state index is 0.0136. The molecule has 35 heavy (non-hydrogen) atoms. The highest BCUT2D eigenvalue weighted by atomic mass is 32.2. The molecule has 1 heterocycles. The van der Waals surface area contributed by atoms with E-state index in [0.717, 1.165) is 5.56 Å². The number of rotatable bonds is 11. The highest BCUT2D eigenvalue weighted by Gasteiger charge is 2.23. The van der Waals surface area contributed by atoms with E-state index in [0.29, 0.717) is 24.3 Å². The normalized spacial score (nSPS) is 11.7. The quantitative estimate of drug-likeness (QED) is 0.368. The monoisotopic (exact) mass is 501 g/mol. The van der Waals surface area contributed by atoms with Crippen LogP contribution in [0.1, 0.15) is 39.2 Å². The van der Waals surface area contributed by atoms with Crippen LogP contribution in [0.2, 0.25) is 0 Å². The lowest BCUT2D eigenvalue weighted by atomic mass is 9.87. The van der Waals surface area contributed by atoms with Gasteiger partial charge in [0.2, 0.25) is 5.75 Å². The van der Waals surface area contributed by atoms with Crippen LogP contribution >= 0.6 is 0 Å². The number of anilines is 1. The second-order valence-electron chi connectivity index (χ2n) is 8.80. The van der Waals surface area contributed by atoms with Crippen molar-refractivity contribution in [3.05, 3.63) is 60.4 Å². The van der Waals surface area contributed by atoms with Crippen molar-refractivity contribution < 1.29 is 27.7 Å². The van der Waals surface area contributed by atoms with Gasteiger partial charge in [-0.05, 0) is 48.1 Å². The van der Waals surface area contributed by atoms with Gasteiger partial charge >= 0.3 is 0 Å². The molecule has 1 aromatic heterocycles. The average Bonchev–Trinajstić information content (AvgIpc) is 2.83. The number of aliphatic hydroxyl groups excluding tert-OH is 1. The minimum atomic E-state index is -3.98. The van der Waals surface area contributed by atoms with E-state index in [1.54, 1.807) is 48.5 Å². The molecule has 3 aromatic rings. The summed E-state index contributed by atoms with van der Waals surface area (Å²) in [7, 11) is -2.45. The Labute approximate surface area is 206 Å². The molecule has 2 N–H and O–H groups in total. The van der Waals surface area contributed by atoms with Crippen LogP contribution in [0, 0.1) is 0 Å². The molecule has 9 nitrogen and oxygen atoms in total. The molecule has 0 bridgehead atoms. The summed E-state index contributed by atoms with van der Waals surface area (Å²) >= 11 is 0. The zero-order valence-electron chi connectivity index (χ0n) is 20.3. The first-order chi connectivity index (χ1) is 16.6. The van der Waals surface area contributed by atoms with Crippen molar-refractivity contribution in [2.24, 2.45) is 0 Å². The van der Waals surface area contributed by atoms with Gasteiger partial charge in [-0.1, -0.05) is 39.0 Å². The number of nitrogens with zero attached hydrogens (tertiary/aromatic N) is 2. The molecule has 2 aromatic carbocycles. The summed E-state index contributed by atoms with van der Waals surface area (Å²) in [6.07, 6.45) is 2.34. The lowest BCUT2D eigenvalue weighted by molar-refractivity contribution is 0.244. The number of methoxy groups -OCH3 is 1. The van der Waals surface area contributed by atoms with Gasteiger partial charge in [-0.3, -0.25) is 4.72 Å². The van der Waals surface area contributed by atoms with Crippen LogP contribution < -0.4 is 18.9 Å². The van der Waals surface area contributed by atoms with E-state index >= 15 is 0 Å². The van der Waals surface area contributed by atoms with Crippen molar-refractivity contribution in [2.45, 2.75) is 43.9 Å². The molecule has 0 saturated heterocycles. The fraction of sp³-hybridized carbons (Fsp3) is 0.360. The summed E-state index contributed by atoms with van der Waals surface area (Å²) in [6.45, 7) is 6.46. The van der Waals surface area contributed by atoms with Crippen LogP contribution in [-0.4, -0.2) is 43.8 Å². The Morgan fingerprint density at radius 2 is 1.71 bits per heavy atom. The summed E-state index contributed by atoms with van der Waals surface area (Å²) < 4.78 is 45.8. The highest BCUT2D eigenvalue weighted by molar-refractivity contribution is 7.92. The number of hydrogen-bond donors (Lipinski definition) is 2. The molecular weight excluding hydrogens is 470 g/mol. The van der Waals surface area contributed by atoms with Crippen LogP contribution in [0.15, 0.2) is 59.8 Å². The van der Waals surface area contributed by atoms with Crippen molar-refractivity contribution in [2.75, 3.05) is 25.0 Å². The number of unbranched alkanes of at least 4 members (excludes halogenated alkanes) is 1. The van der Waals surface area contributed by atoms with Crippen LogP contribution in [0.25, 0.3) is 0 Å². The molecule has 10 heteroatoms. The number of sulfonamides is 1. The standard InChI is InChI=1S/C25H31N3O6S/c1-25(2,3)18-10-12-21(13-11-18)35(30,31)28-23-22(34-20-9-7-8-19(16-20)32-4)24(27-17-26-23)33-15-6-5-14-29/h7-13,16-17,29H,5-6,14-15H2,1-4H3,(H,26,27,28). The van der Waals surface area contributed by atoms with Gasteiger partial charge in [0.05, 0.1) is 18.6 Å². The Kier molecular flexibility index (Phi) is 8.52. The Bertz CT molecular complexity index is 1220. The van der Waals surface area contributed by atoms with Crippen molar-refractivity contribution in [1.82, 2.24) is 9.97 Å². The lowest BCUT2D eigenvalue weighted by Gasteiger charge is -2.19. The summed E-state index contributed by atoms with van der Waals surface area (Å²) in [5, 5.41) is 9.01. The largest absolute Gasteiger partial charge is 0.497 e. The predicted octanol–water partition coefficient (Wildman–Crippen LogP) is 4.53. The molecule has 0 unspecified atom stereocenters. The zero-order chi connectivity index (χ0) is 25.5. The topological polar surface area (TPSA) is 120 Å². The second kappa shape index (κ2) is 11.4. The highest BCUT2D eigenvalue weighted by Crippen LogP contribution is 2.37. The molecule has 188 valence electrons. The van der Waals surface area contributed by atoms with Gasteiger partial charge in [-0.15, -0.1) is 0 Å².